The summed E-state index contributed by atoms with van der Waals surface area (Å²) < 4.78 is 44.7. The molecule has 128 valence electrons. The van der Waals surface area contributed by atoms with Crippen LogP contribution in [0.1, 0.15) is 20.8 Å². The molecule has 0 aromatic heterocycles. The summed E-state index contributed by atoms with van der Waals surface area (Å²) in [6.07, 6.45) is -0.343. The molecule has 1 unspecified atom stereocenters. The number of anilines is 1. The highest BCUT2D eigenvalue weighted by molar-refractivity contribution is 7.89. The van der Waals surface area contributed by atoms with Crippen molar-refractivity contribution >= 4 is 21.6 Å². The molecule has 0 radical (unpaired) electrons. The molecule has 2 rings (SSSR count). The molecule has 0 saturated carbocycles. The van der Waals surface area contributed by atoms with E-state index in [4.69, 9.17) is 4.74 Å². The number of hydrogen-bond donors (Lipinski definition) is 0. The topological polar surface area (TPSA) is 66.9 Å². The van der Waals surface area contributed by atoms with Crippen molar-refractivity contribution < 1.29 is 22.3 Å². The van der Waals surface area contributed by atoms with Gasteiger partial charge in [-0.2, -0.15) is 0 Å². The summed E-state index contributed by atoms with van der Waals surface area (Å²) in [4.78, 5) is 13.9. The quantitative estimate of drug-likeness (QED) is 0.814. The van der Waals surface area contributed by atoms with Crippen LogP contribution in [0.25, 0.3) is 0 Å². The lowest BCUT2D eigenvalue weighted by molar-refractivity contribution is -0.116. The van der Waals surface area contributed by atoms with Crippen molar-refractivity contribution in [1.29, 1.82) is 0 Å². The third kappa shape index (κ3) is 3.81. The number of rotatable bonds is 5. The van der Waals surface area contributed by atoms with Crippen LogP contribution in [0.15, 0.2) is 18.2 Å². The molecule has 1 heterocycles. The van der Waals surface area contributed by atoms with Crippen LogP contribution < -0.4 is 9.64 Å². The highest BCUT2D eigenvalue weighted by Gasteiger charge is 2.32. The van der Waals surface area contributed by atoms with Crippen molar-refractivity contribution in [3.8, 4) is 5.75 Å². The van der Waals surface area contributed by atoms with E-state index < -0.39 is 27.5 Å². The maximum Gasteiger partial charge on any atom is 0.243 e. The number of fused-ring (bicyclic) bond motifs is 1. The van der Waals surface area contributed by atoms with Gasteiger partial charge in [-0.1, -0.05) is 13.8 Å². The van der Waals surface area contributed by atoms with E-state index in [2.05, 4.69) is 0 Å². The lowest BCUT2D eigenvalue weighted by Gasteiger charge is -2.33. The molecular formula is C15H21FN2O4S. The van der Waals surface area contributed by atoms with Gasteiger partial charge in [0, 0.05) is 19.2 Å². The van der Waals surface area contributed by atoms with E-state index in [9.17, 15) is 17.6 Å². The van der Waals surface area contributed by atoms with E-state index in [-0.39, 0.29) is 18.4 Å². The number of carbonyl (C=O) groups excluding carboxylic acids is 1. The molecule has 6 nitrogen and oxygen atoms in total. The van der Waals surface area contributed by atoms with Crippen LogP contribution in [0.4, 0.5) is 10.1 Å². The SMILES string of the molecule is CCN(CC)S(=O)(=O)CC(=O)N1CC(C)Oc2cc(F)ccc21. The summed E-state index contributed by atoms with van der Waals surface area (Å²) >= 11 is 0. The van der Waals surface area contributed by atoms with E-state index in [1.165, 1.54) is 27.4 Å². The molecular weight excluding hydrogens is 323 g/mol. The van der Waals surface area contributed by atoms with Gasteiger partial charge in [0.15, 0.2) is 0 Å². The fourth-order valence-electron chi connectivity index (χ4n) is 2.59. The van der Waals surface area contributed by atoms with Gasteiger partial charge < -0.3 is 9.64 Å². The second kappa shape index (κ2) is 6.84. The second-order valence-corrected chi connectivity index (χ2v) is 7.35. The van der Waals surface area contributed by atoms with Crippen molar-refractivity contribution in [2.45, 2.75) is 26.9 Å². The minimum absolute atomic E-state index is 0.227. The molecule has 1 amide bonds. The molecule has 1 atom stereocenters. The molecule has 8 heteroatoms. The smallest absolute Gasteiger partial charge is 0.243 e. The average Bonchev–Trinajstić information content (AvgIpc) is 2.46. The van der Waals surface area contributed by atoms with Crippen LogP contribution >= 0.6 is 0 Å². The third-order valence-corrected chi connectivity index (χ3v) is 5.60. The lowest BCUT2D eigenvalue weighted by atomic mass is 10.2. The van der Waals surface area contributed by atoms with Crippen molar-refractivity contribution in [1.82, 2.24) is 4.31 Å². The number of sulfonamides is 1. The molecule has 0 saturated heterocycles. The van der Waals surface area contributed by atoms with Crippen molar-refractivity contribution in [2.75, 3.05) is 30.3 Å². The standard InChI is InChI=1S/C15H21FN2O4S/c1-4-17(5-2)23(20,21)10-15(19)18-9-11(3)22-14-8-12(16)6-7-13(14)18/h6-8,11H,4-5,9-10H2,1-3H3. The minimum Gasteiger partial charge on any atom is -0.487 e. The molecule has 0 fully saturated rings. The Morgan fingerprint density at radius 3 is 2.65 bits per heavy atom. The zero-order valence-corrected chi connectivity index (χ0v) is 14.3. The number of benzene rings is 1. The largest absolute Gasteiger partial charge is 0.487 e. The molecule has 23 heavy (non-hydrogen) atoms. The number of nitrogens with zero attached hydrogens (tertiary/aromatic N) is 2. The Kier molecular flexibility index (Phi) is 5.26. The zero-order valence-electron chi connectivity index (χ0n) is 13.5. The maximum absolute atomic E-state index is 13.3. The number of hydrogen-bond acceptors (Lipinski definition) is 4. The molecule has 0 bridgehead atoms. The van der Waals surface area contributed by atoms with Crippen LogP contribution in [-0.2, 0) is 14.8 Å². The molecule has 0 spiro atoms. The summed E-state index contributed by atoms with van der Waals surface area (Å²) in [5.41, 5.74) is 0.393. The molecule has 1 aromatic rings. The highest BCUT2D eigenvalue weighted by atomic mass is 32.2. The van der Waals surface area contributed by atoms with Gasteiger partial charge in [-0.05, 0) is 19.1 Å². The Labute approximate surface area is 135 Å². The van der Waals surface area contributed by atoms with Gasteiger partial charge >= 0.3 is 0 Å². The van der Waals surface area contributed by atoms with Crippen LogP contribution in [0.5, 0.6) is 5.75 Å². The van der Waals surface area contributed by atoms with Crippen LogP contribution in [0.2, 0.25) is 0 Å². The van der Waals surface area contributed by atoms with Gasteiger partial charge in [0.25, 0.3) is 0 Å². The van der Waals surface area contributed by atoms with Crippen LogP contribution in [0, 0.1) is 5.82 Å². The van der Waals surface area contributed by atoms with Gasteiger partial charge in [0.2, 0.25) is 15.9 Å². The summed E-state index contributed by atoms with van der Waals surface area (Å²) in [5.74, 6) is -1.38. The average molecular weight is 344 g/mol. The van der Waals surface area contributed by atoms with Gasteiger partial charge in [-0.15, -0.1) is 0 Å². The van der Waals surface area contributed by atoms with Gasteiger partial charge in [0.1, 0.15) is 23.4 Å². The normalized spacial score (nSPS) is 17.8. The van der Waals surface area contributed by atoms with Gasteiger partial charge in [-0.3, -0.25) is 4.79 Å². The number of ether oxygens (including phenoxy) is 1. The minimum atomic E-state index is -3.67. The van der Waals surface area contributed by atoms with Crippen molar-refractivity contribution in [3.05, 3.63) is 24.0 Å². The number of carbonyl (C=O) groups is 1. The Hall–Kier alpha value is -1.67. The maximum atomic E-state index is 13.3. The first-order chi connectivity index (χ1) is 10.8. The fraction of sp³-hybridized carbons (Fsp3) is 0.533. The molecule has 1 aliphatic rings. The molecule has 0 aliphatic carbocycles. The van der Waals surface area contributed by atoms with E-state index in [0.717, 1.165) is 0 Å². The monoisotopic (exact) mass is 344 g/mol. The predicted molar refractivity (Wildman–Crippen MR) is 85.6 cm³/mol. The summed E-state index contributed by atoms with van der Waals surface area (Å²) in [7, 11) is -3.67. The number of amides is 1. The van der Waals surface area contributed by atoms with E-state index in [1.54, 1.807) is 20.8 Å². The van der Waals surface area contributed by atoms with E-state index in [1.807, 2.05) is 0 Å². The second-order valence-electron chi connectivity index (χ2n) is 5.39. The first-order valence-electron chi connectivity index (χ1n) is 7.52. The zero-order chi connectivity index (χ0) is 17.2. The summed E-state index contributed by atoms with van der Waals surface area (Å²) in [6, 6.07) is 3.85. The Bertz CT molecular complexity index is 689. The van der Waals surface area contributed by atoms with Crippen molar-refractivity contribution in [3.63, 3.8) is 0 Å². The Morgan fingerprint density at radius 2 is 2.04 bits per heavy atom. The summed E-state index contributed by atoms with van der Waals surface area (Å²) in [5, 5.41) is 0. The Morgan fingerprint density at radius 1 is 1.39 bits per heavy atom. The van der Waals surface area contributed by atoms with E-state index in [0.29, 0.717) is 18.8 Å². The van der Waals surface area contributed by atoms with E-state index >= 15 is 0 Å². The summed E-state index contributed by atoms with van der Waals surface area (Å²) in [6.45, 7) is 6.04. The van der Waals surface area contributed by atoms with Crippen molar-refractivity contribution in [2.24, 2.45) is 0 Å². The first-order valence-corrected chi connectivity index (χ1v) is 9.13. The third-order valence-electron chi connectivity index (χ3n) is 3.69. The molecule has 1 aliphatic heterocycles. The molecule has 0 N–H and O–H groups in total. The van der Waals surface area contributed by atoms with Gasteiger partial charge in [0.05, 0.1) is 12.2 Å². The first kappa shape index (κ1) is 17.7. The van der Waals surface area contributed by atoms with Gasteiger partial charge in [-0.25, -0.2) is 17.1 Å². The fourth-order valence-corrected chi connectivity index (χ4v) is 4.03. The van der Waals surface area contributed by atoms with Crippen LogP contribution in [-0.4, -0.2) is 50.1 Å². The highest BCUT2D eigenvalue weighted by Crippen LogP contribution is 2.34. The number of halogens is 1. The predicted octanol–water partition coefficient (Wildman–Crippen LogP) is 1.61. The Balaban J connectivity index is 2.27. The lowest BCUT2D eigenvalue weighted by Crippen LogP contribution is -2.46. The van der Waals surface area contributed by atoms with Crippen LogP contribution in [0.3, 0.4) is 0 Å². The molecule has 1 aromatic carbocycles.